The molecule has 1 atom stereocenters. The number of nitrogens with zero attached hydrogens (tertiary/aromatic N) is 2. The molecule has 0 spiro atoms. The fourth-order valence-corrected chi connectivity index (χ4v) is 2.10. The van der Waals surface area contributed by atoms with Crippen LogP contribution in [-0.4, -0.2) is 15.2 Å². The minimum absolute atomic E-state index is 0.0250. The Hall–Kier alpha value is -1.55. The Morgan fingerprint density at radius 2 is 1.89 bits per heavy atom. The van der Waals surface area contributed by atoms with Gasteiger partial charge in [0.15, 0.2) is 0 Å². The lowest BCUT2D eigenvalue weighted by Gasteiger charge is -2.11. The van der Waals surface area contributed by atoms with Crippen molar-refractivity contribution in [2.45, 2.75) is 32.9 Å². The topological polar surface area (TPSA) is 39.0 Å². The van der Waals surface area contributed by atoms with Crippen molar-refractivity contribution >= 4 is 11.0 Å². The number of aromatic nitrogens is 2. The first kappa shape index (κ1) is 12.9. The molecule has 0 aliphatic rings. The maximum absolute atomic E-state index is 11.8. The van der Waals surface area contributed by atoms with Gasteiger partial charge in [-0.2, -0.15) is 0 Å². The second-order valence-electron chi connectivity index (χ2n) is 4.91. The lowest BCUT2D eigenvalue weighted by atomic mass is 10.1. The van der Waals surface area contributed by atoms with Gasteiger partial charge in [0.05, 0.1) is 11.0 Å². The first-order chi connectivity index (χ1) is 8.54. The predicted octanol–water partition coefficient (Wildman–Crippen LogP) is 1.77. The summed E-state index contributed by atoms with van der Waals surface area (Å²) >= 11 is 0. The average Bonchev–Trinajstić information content (AvgIpc) is 2.61. The zero-order chi connectivity index (χ0) is 13.3. The van der Waals surface area contributed by atoms with Gasteiger partial charge in [-0.25, -0.2) is 4.79 Å². The second kappa shape index (κ2) is 4.98. The Bertz CT molecular complexity index is 609. The Morgan fingerprint density at radius 3 is 2.56 bits per heavy atom. The van der Waals surface area contributed by atoms with Crippen LogP contribution in [-0.2, 0) is 20.6 Å². The van der Waals surface area contributed by atoms with Gasteiger partial charge in [0.1, 0.15) is 0 Å². The Morgan fingerprint density at radius 1 is 1.22 bits per heavy atom. The fourth-order valence-electron chi connectivity index (χ4n) is 2.10. The van der Waals surface area contributed by atoms with E-state index in [0.29, 0.717) is 6.04 Å². The van der Waals surface area contributed by atoms with Crippen LogP contribution in [0, 0.1) is 0 Å². The molecule has 2 aromatic rings. The number of imidazole rings is 1. The summed E-state index contributed by atoms with van der Waals surface area (Å²) in [7, 11) is 3.62. The third-order valence-corrected chi connectivity index (χ3v) is 3.60. The van der Waals surface area contributed by atoms with Crippen LogP contribution in [0.5, 0.6) is 0 Å². The molecule has 18 heavy (non-hydrogen) atoms. The summed E-state index contributed by atoms with van der Waals surface area (Å²) in [5, 5.41) is 3.46. The van der Waals surface area contributed by atoms with Gasteiger partial charge >= 0.3 is 5.69 Å². The van der Waals surface area contributed by atoms with Crippen molar-refractivity contribution in [1.82, 2.24) is 14.5 Å². The quantitative estimate of drug-likeness (QED) is 0.894. The minimum atomic E-state index is 0.0250. The number of hydrogen-bond acceptors (Lipinski definition) is 2. The molecule has 1 aromatic heterocycles. The highest BCUT2D eigenvalue weighted by atomic mass is 16.1. The average molecular weight is 247 g/mol. The van der Waals surface area contributed by atoms with Gasteiger partial charge < -0.3 is 5.32 Å². The SMILES string of the molecule is CC[C@@H](C)NCc1ccc2c(c1)n(C)c(=O)n2C. The second-order valence-corrected chi connectivity index (χ2v) is 4.91. The van der Waals surface area contributed by atoms with Crippen molar-refractivity contribution in [2.75, 3.05) is 0 Å². The molecule has 0 aliphatic heterocycles. The fraction of sp³-hybridized carbons (Fsp3) is 0.500. The summed E-state index contributed by atoms with van der Waals surface area (Å²) in [5.74, 6) is 0. The molecule has 0 unspecified atom stereocenters. The standard InChI is InChI=1S/C14H21N3O/c1-5-10(2)15-9-11-6-7-12-13(8-11)17(4)14(18)16(12)3/h6-8,10,15H,5,9H2,1-4H3/t10-/m1/s1. The molecule has 0 bridgehead atoms. The molecule has 1 heterocycles. The number of nitrogens with one attached hydrogen (secondary N) is 1. The molecule has 2 rings (SSSR count). The van der Waals surface area contributed by atoms with Crippen LogP contribution in [0.25, 0.3) is 11.0 Å². The Labute approximate surface area is 107 Å². The maximum atomic E-state index is 11.8. The normalized spacial score (nSPS) is 13.1. The molecule has 0 amide bonds. The van der Waals surface area contributed by atoms with E-state index in [1.807, 2.05) is 20.2 Å². The van der Waals surface area contributed by atoms with Crippen molar-refractivity contribution in [1.29, 1.82) is 0 Å². The zero-order valence-corrected chi connectivity index (χ0v) is 11.5. The largest absolute Gasteiger partial charge is 0.328 e. The predicted molar refractivity (Wildman–Crippen MR) is 74.8 cm³/mol. The molecule has 4 nitrogen and oxygen atoms in total. The third kappa shape index (κ3) is 2.20. The van der Waals surface area contributed by atoms with E-state index in [-0.39, 0.29) is 5.69 Å². The number of benzene rings is 1. The van der Waals surface area contributed by atoms with E-state index in [4.69, 9.17) is 0 Å². The van der Waals surface area contributed by atoms with Crippen LogP contribution in [0.1, 0.15) is 25.8 Å². The third-order valence-electron chi connectivity index (χ3n) is 3.60. The van der Waals surface area contributed by atoms with Gasteiger partial charge in [-0.1, -0.05) is 13.0 Å². The smallest absolute Gasteiger partial charge is 0.310 e. The Kier molecular flexibility index (Phi) is 3.57. The molecule has 0 radical (unpaired) electrons. The van der Waals surface area contributed by atoms with Crippen molar-refractivity contribution in [3.05, 3.63) is 34.2 Å². The van der Waals surface area contributed by atoms with Crippen molar-refractivity contribution in [3.63, 3.8) is 0 Å². The summed E-state index contributed by atoms with van der Waals surface area (Å²) in [5.41, 5.74) is 3.21. The molecular weight excluding hydrogens is 226 g/mol. The summed E-state index contributed by atoms with van der Waals surface area (Å²) in [6.45, 7) is 5.19. The van der Waals surface area contributed by atoms with Crippen LogP contribution in [0.15, 0.2) is 23.0 Å². The van der Waals surface area contributed by atoms with Gasteiger partial charge in [-0.05, 0) is 31.0 Å². The van der Waals surface area contributed by atoms with Gasteiger partial charge in [0.2, 0.25) is 0 Å². The summed E-state index contributed by atoms with van der Waals surface area (Å²) in [6, 6.07) is 6.70. The lowest BCUT2D eigenvalue weighted by Crippen LogP contribution is -2.24. The Balaban J connectivity index is 2.33. The van der Waals surface area contributed by atoms with E-state index < -0.39 is 0 Å². The van der Waals surface area contributed by atoms with Crippen molar-refractivity contribution in [3.8, 4) is 0 Å². The monoisotopic (exact) mass is 247 g/mol. The van der Waals surface area contributed by atoms with Crippen LogP contribution in [0.4, 0.5) is 0 Å². The van der Waals surface area contributed by atoms with Crippen LogP contribution in [0.3, 0.4) is 0 Å². The van der Waals surface area contributed by atoms with Gasteiger partial charge in [0, 0.05) is 26.7 Å². The van der Waals surface area contributed by atoms with Gasteiger partial charge in [-0.3, -0.25) is 9.13 Å². The lowest BCUT2D eigenvalue weighted by molar-refractivity contribution is 0.534. The van der Waals surface area contributed by atoms with E-state index >= 15 is 0 Å². The molecule has 1 aromatic carbocycles. The van der Waals surface area contributed by atoms with Crippen molar-refractivity contribution < 1.29 is 0 Å². The van der Waals surface area contributed by atoms with Crippen LogP contribution >= 0.6 is 0 Å². The van der Waals surface area contributed by atoms with E-state index in [1.165, 1.54) is 5.56 Å². The van der Waals surface area contributed by atoms with Crippen LogP contribution in [0.2, 0.25) is 0 Å². The highest BCUT2D eigenvalue weighted by Gasteiger charge is 2.08. The molecule has 0 aliphatic carbocycles. The molecule has 4 heteroatoms. The van der Waals surface area contributed by atoms with E-state index in [1.54, 1.807) is 9.13 Å². The maximum Gasteiger partial charge on any atom is 0.328 e. The van der Waals surface area contributed by atoms with Crippen molar-refractivity contribution in [2.24, 2.45) is 14.1 Å². The zero-order valence-electron chi connectivity index (χ0n) is 11.5. The first-order valence-electron chi connectivity index (χ1n) is 6.42. The number of aryl methyl sites for hydroxylation is 2. The van der Waals surface area contributed by atoms with Crippen LogP contribution < -0.4 is 11.0 Å². The molecule has 98 valence electrons. The molecule has 0 fully saturated rings. The van der Waals surface area contributed by atoms with E-state index in [2.05, 4.69) is 31.3 Å². The summed E-state index contributed by atoms with van der Waals surface area (Å²) < 4.78 is 3.38. The summed E-state index contributed by atoms with van der Waals surface area (Å²) in [6.07, 6.45) is 1.12. The highest BCUT2D eigenvalue weighted by molar-refractivity contribution is 5.76. The summed E-state index contributed by atoms with van der Waals surface area (Å²) in [4.78, 5) is 11.8. The van der Waals surface area contributed by atoms with Gasteiger partial charge in [0.25, 0.3) is 0 Å². The van der Waals surface area contributed by atoms with E-state index in [9.17, 15) is 4.79 Å². The molecular formula is C14H21N3O. The van der Waals surface area contributed by atoms with Gasteiger partial charge in [-0.15, -0.1) is 0 Å². The number of fused-ring (bicyclic) bond motifs is 1. The number of rotatable bonds is 4. The highest BCUT2D eigenvalue weighted by Crippen LogP contribution is 2.14. The number of hydrogen-bond donors (Lipinski definition) is 1. The first-order valence-corrected chi connectivity index (χ1v) is 6.42. The molecule has 0 saturated carbocycles. The minimum Gasteiger partial charge on any atom is -0.310 e. The molecule has 1 N–H and O–H groups in total. The van der Waals surface area contributed by atoms with E-state index in [0.717, 1.165) is 24.0 Å². The molecule has 0 saturated heterocycles.